The lowest BCUT2D eigenvalue weighted by Gasteiger charge is -2.24. The number of halogens is 1. The molecule has 2 rings (SSSR count). The first-order valence-electron chi connectivity index (χ1n) is 7.01. The fraction of sp³-hybridized carbons (Fsp3) is 0.400. The van der Waals surface area contributed by atoms with Crippen molar-refractivity contribution in [2.75, 3.05) is 0 Å². The maximum atomic E-state index is 10.8. The first-order valence-corrected chi connectivity index (χ1v) is 7.80. The number of pyridine rings is 1. The fourth-order valence-corrected chi connectivity index (χ4v) is 2.80. The number of aryl methyl sites for hydroxylation is 1. The molecule has 1 amide bonds. The molecule has 0 aliphatic carbocycles. The molecule has 7 heteroatoms. The van der Waals surface area contributed by atoms with Crippen LogP contribution < -0.4 is 5.32 Å². The van der Waals surface area contributed by atoms with Gasteiger partial charge in [0.25, 0.3) is 0 Å². The zero-order chi connectivity index (χ0) is 16.3. The predicted molar refractivity (Wildman–Crippen MR) is 87.4 cm³/mol. The maximum Gasteiger partial charge on any atom is 0.405 e. The van der Waals surface area contributed by atoms with Crippen molar-refractivity contribution in [3.63, 3.8) is 0 Å². The van der Waals surface area contributed by atoms with Gasteiger partial charge in [-0.3, -0.25) is 0 Å². The number of hydrogen-bond donors (Lipinski definition) is 2. The number of nitrogens with one attached hydrogen (secondary N) is 1. The Morgan fingerprint density at radius 3 is 2.68 bits per heavy atom. The van der Waals surface area contributed by atoms with Crippen LogP contribution in [0.4, 0.5) is 4.79 Å². The molecular formula is C15H19BrN4O2. The van der Waals surface area contributed by atoms with Gasteiger partial charge in [0.2, 0.25) is 0 Å². The Bertz CT molecular complexity index is 665. The zero-order valence-electron chi connectivity index (χ0n) is 12.8. The van der Waals surface area contributed by atoms with Crippen LogP contribution in [0.25, 0.3) is 5.82 Å². The molecular weight excluding hydrogens is 348 g/mol. The summed E-state index contributed by atoms with van der Waals surface area (Å²) >= 11 is 3.48. The van der Waals surface area contributed by atoms with Gasteiger partial charge in [0.1, 0.15) is 0 Å². The molecule has 0 spiro atoms. The van der Waals surface area contributed by atoms with Crippen LogP contribution in [0, 0.1) is 0 Å². The predicted octanol–water partition coefficient (Wildman–Crippen LogP) is 3.18. The van der Waals surface area contributed by atoms with Gasteiger partial charge in [0.15, 0.2) is 5.82 Å². The highest BCUT2D eigenvalue weighted by atomic mass is 79.9. The zero-order valence-corrected chi connectivity index (χ0v) is 14.4. The molecule has 2 N–H and O–H groups in total. The number of carbonyl (C=O) groups is 1. The van der Waals surface area contributed by atoms with Crippen molar-refractivity contribution in [3.8, 4) is 5.82 Å². The molecule has 0 saturated heterocycles. The van der Waals surface area contributed by atoms with Gasteiger partial charge in [-0.25, -0.2) is 14.5 Å². The molecule has 22 heavy (non-hydrogen) atoms. The van der Waals surface area contributed by atoms with E-state index in [4.69, 9.17) is 5.11 Å². The molecule has 2 aromatic heterocycles. The Labute approximate surface area is 137 Å². The SMILES string of the molecule is CCc1nn(-c2ccc(CC(C)(C)NC(=O)O)cn2)cc1Br. The van der Waals surface area contributed by atoms with Crippen molar-refractivity contribution in [1.82, 2.24) is 20.1 Å². The van der Waals surface area contributed by atoms with Crippen LogP contribution in [0.15, 0.2) is 29.0 Å². The Balaban J connectivity index is 2.14. The van der Waals surface area contributed by atoms with Gasteiger partial charge >= 0.3 is 6.09 Å². The third-order valence-electron chi connectivity index (χ3n) is 3.21. The standard InChI is InChI=1S/C15H19BrN4O2/c1-4-12-11(16)9-20(19-12)13-6-5-10(8-17-13)7-15(2,3)18-14(21)22/h5-6,8-9,18H,4,7H2,1-3H3,(H,21,22). The number of hydrogen-bond acceptors (Lipinski definition) is 3. The Hall–Kier alpha value is -1.89. The number of nitrogens with zero attached hydrogens (tertiary/aromatic N) is 3. The summed E-state index contributed by atoms with van der Waals surface area (Å²) < 4.78 is 2.69. The van der Waals surface area contributed by atoms with Gasteiger partial charge in [-0.05, 0) is 54.2 Å². The molecule has 0 aliphatic rings. The molecule has 0 aromatic carbocycles. The minimum Gasteiger partial charge on any atom is -0.465 e. The molecule has 0 unspecified atom stereocenters. The highest BCUT2D eigenvalue weighted by Crippen LogP contribution is 2.18. The van der Waals surface area contributed by atoms with E-state index in [1.54, 1.807) is 10.9 Å². The van der Waals surface area contributed by atoms with E-state index in [0.29, 0.717) is 6.42 Å². The summed E-state index contributed by atoms with van der Waals surface area (Å²) in [5, 5.41) is 15.8. The fourth-order valence-electron chi connectivity index (χ4n) is 2.25. The molecule has 0 aliphatic heterocycles. The molecule has 0 bridgehead atoms. The van der Waals surface area contributed by atoms with E-state index in [1.165, 1.54) is 0 Å². The molecule has 0 radical (unpaired) electrons. The molecule has 2 aromatic rings. The second-order valence-electron chi connectivity index (χ2n) is 5.74. The minimum absolute atomic E-state index is 0.543. The first-order chi connectivity index (χ1) is 10.3. The van der Waals surface area contributed by atoms with Crippen molar-refractivity contribution in [1.29, 1.82) is 0 Å². The monoisotopic (exact) mass is 366 g/mol. The highest BCUT2D eigenvalue weighted by Gasteiger charge is 2.20. The summed E-state index contributed by atoms with van der Waals surface area (Å²) in [5.41, 5.74) is 1.40. The summed E-state index contributed by atoms with van der Waals surface area (Å²) in [6.07, 6.45) is 4.03. The van der Waals surface area contributed by atoms with Crippen molar-refractivity contribution < 1.29 is 9.90 Å². The average Bonchev–Trinajstić information content (AvgIpc) is 2.78. The maximum absolute atomic E-state index is 10.8. The van der Waals surface area contributed by atoms with Crippen LogP contribution in [0.3, 0.4) is 0 Å². The number of aromatic nitrogens is 3. The van der Waals surface area contributed by atoms with Crippen LogP contribution in [0.2, 0.25) is 0 Å². The van der Waals surface area contributed by atoms with Gasteiger partial charge in [-0.2, -0.15) is 5.10 Å². The van der Waals surface area contributed by atoms with Crippen LogP contribution in [0.1, 0.15) is 32.0 Å². The molecule has 2 heterocycles. The van der Waals surface area contributed by atoms with Crippen molar-refractivity contribution in [2.24, 2.45) is 0 Å². The van der Waals surface area contributed by atoms with Crippen LogP contribution in [-0.2, 0) is 12.8 Å². The van der Waals surface area contributed by atoms with Crippen LogP contribution in [0.5, 0.6) is 0 Å². The van der Waals surface area contributed by atoms with E-state index in [0.717, 1.165) is 28.0 Å². The summed E-state index contributed by atoms with van der Waals surface area (Å²) in [4.78, 5) is 15.2. The Kier molecular flexibility index (Phi) is 4.85. The number of amides is 1. The lowest BCUT2D eigenvalue weighted by Crippen LogP contribution is -2.44. The normalized spacial score (nSPS) is 11.5. The van der Waals surface area contributed by atoms with E-state index in [9.17, 15) is 4.79 Å². The molecule has 0 fully saturated rings. The van der Waals surface area contributed by atoms with Gasteiger partial charge in [-0.15, -0.1) is 0 Å². The largest absolute Gasteiger partial charge is 0.465 e. The molecule has 0 saturated carbocycles. The quantitative estimate of drug-likeness (QED) is 0.851. The lowest BCUT2D eigenvalue weighted by atomic mass is 9.96. The van der Waals surface area contributed by atoms with E-state index in [1.807, 2.05) is 39.1 Å². The van der Waals surface area contributed by atoms with Crippen molar-refractivity contribution in [2.45, 2.75) is 39.2 Å². The van der Waals surface area contributed by atoms with Crippen LogP contribution >= 0.6 is 15.9 Å². The summed E-state index contributed by atoms with van der Waals surface area (Å²) in [6.45, 7) is 5.73. The average molecular weight is 367 g/mol. The van der Waals surface area contributed by atoms with Gasteiger partial charge in [-0.1, -0.05) is 13.0 Å². The van der Waals surface area contributed by atoms with Crippen LogP contribution in [-0.4, -0.2) is 31.5 Å². The Morgan fingerprint density at radius 2 is 2.18 bits per heavy atom. The molecule has 6 nitrogen and oxygen atoms in total. The van der Waals surface area contributed by atoms with E-state index in [2.05, 4.69) is 31.3 Å². The van der Waals surface area contributed by atoms with E-state index < -0.39 is 11.6 Å². The second-order valence-corrected chi connectivity index (χ2v) is 6.59. The first kappa shape index (κ1) is 16.5. The number of carboxylic acid groups (broad SMARTS) is 1. The minimum atomic E-state index is -1.02. The van der Waals surface area contributed by atoms with E-state index >= 15 is 0 Å². The summed E-state index contributed by atoms with van der Waals surface area (Å²) in [6, 6.07) is 3.82. The lowest BCUT2D eigenvalue weighted by molar-refractivity contribution is 0.182. The smallest absolute Gasteiger partial charge is 0.405 e. The highest BCUT2D eigenvalue weighted by molar-refractivity contribution is 9.10. The summed E-state index contributed by atoms with van der Waals surface area (Å²) in [7, 11) is 0. The van der Waals surface area contributed by atoms with E-state index in [-0.39, 0.29) is 0 Å². The second kappa shape index (κ2) is 6.48. The Morgan fingerprint density at radius 1 is 1.45 bits per heavy atom. The third-order valence-corrected chi connectivity index (χ3v) is 3.87. The van der Waals surface area contributed by atoms with Gasteiger partial charge < -0.3 is 10.4 Å². The van der Waals surface area contributed by atoms with Crippen molar-refractivity contribution in [3.05, 3.63) is 40.3 Å². The molecule has 118 valence electrons. The molecule has 0 atom stereocenters. The third kappa shape index (κ3) is 4.07. The topological polar surface area (TPSA) is 80.0 Å². The van der Waals surface area contributed by atoms with Gasteiger partial charge in [0, 0.05) is 17.9 Å². The van der Waals surface area contributed by atoms with Crippen molar-refractivity contribution >= 4 is 22.0 Å². The number of rotatable bonds is 5. The van der Waals surface area contributed by atoms with Gasteiger partial charge in [0.05, 0.1) is 10.2 Å². The summed E-state index contributed by atoms with van der Waals surface area (Å²) in [5.74, 6) is 0.730.